The van der Waals surface area contributed by atoms with Crippen LogP contribution in [0.15, 0.2) is 24.3 Å². The summed E-state index contributed by atoms with van der Waals surface area (Å²) in [5.74, 6) is 0.836. The zero-order valence-electron chi connectivity index (χ0n) is 10.3. The summed E-state index contributed by atoms with van der Waals surface area (Å²) in [4.78, 5) is 0. The van der Waals surface area contributed by atoms with E-state index in [1.165, 1.54) is 0 Å². The number of aliphatic hydroxyl groups is 1. The maximum atomic E-state index is 9.54. The van der Waals surface area contributed by atoms with Crippen molar-refractivity contribution in [2.45, 2.75) is 26.3 Å². The first-order chi connectivity index (χ1) is 7.68. The minimum atomic E-state index is -0.444. The van der Waals surface area contributed by atoms with E-state index in [9.17, 15) is 5.11 Å². The Balaban J connectivity index is 3.08. The number of likely N-dealkylation sites (N-methyl/N-ethyl adjacent to an activating group) is 1. The van der Waals surface area contributed by atoms with E-state index in [1.807, 2.05) is 45.0 Å². The number of hydrogen-bond donors (Lipinski definition) is 2. The molecule has 1 atom stereocenters. The predicted molar refractivity (Wildman–Crippen MR) is 65.7 cm³/mol. The molecule has 0 fully saturated rings. The summed E-state index contributed by atoms with van der Waals surface area (Å²) >= 11 is 0. The quantitative estimate of drug-likeness (QED) is 0.774. The van der Waals surface area contributed by atoms with Gasteiger partial charge in [0.05, 0.1) is 18.8 Å². The lowest BCUT2D eigenvalue weighted by Gasteiger charge is -2.30. The van der Waals surface area contributed by atoms with Crippen LogP contribution >= 0.6 is 0 Å². The molecule has 3 heteroatoms. The third kappa shape index (κ3) is 2.74. The number of para-hydroxylation sites is 1. The lowest BCUT2D eigenvalue weighted by Crippen LogP contribution is -2.43. The molecule has 0 saturated heterocycles. The van der Waals surface area contributed by atoms with Crippen LogP contribution in [0.2, 0.25) is 0 Å². The molecule has 2 N–H and O–H groups in total. The van der Waals surface area contributed by atoms with Crippen LogP contribution in [0.3, 0.4) is 0 Å². The van der Waals surface area contributed by atoms with Crippen molar-refractivity contribution >= 4 is 0 Å². The van der Waals surface area contributed by atoms with Crippen molar-refractivity contribution in [3.63, 3.8) is 0 Å². The molecule has 0 aliphatic carbocycles. The highest BCUT2D eigenvalue weighted by Crippen LogP contribution is 2.29. The van der Waals surface area contributed by atoms with Gasteiger partial charge in [-0.25, -0.2) is 0 Å². The van der Waals surface area contributed by atoms with Gasteiger partial charge in [-0.2, -0.15) is 0 Å². The van der Waals surface area contributed by atoms with Crippen LogP contribution < -0.4 is 10.1 Å². The summed E-state index contributed by atoms with van der Waals surface area (Å²) in [7, 11) is 0. The van der Waals surface area contributed by atoms with Crippen LogP contribution in [-0.4, -0.2) is 24.9 Å². The third-order valence-corrected chi connectivity index (χ3v) is 2.66. The fourth-order valence-electron chi connectivity index (χ4n) is 1.83. The molecular formula is C13H21NO2. The Morgan fingerprint density at radius 3 is 2.56 bits per heavy atom. The number of rotatable bonds is 6. The van der Waals surface area contributed by atoms with Gasteiger partial charge in [-0.05, 0) is 26.5 Å². The topological polar surface area (TPSA) is 41.5 Å². The minimum absolute atomic E-state index is 0.0466. The molecule has 0 bridgehead atoms. The van der Waals surface area contributed by atoms with Gasteiger partial charge in [0.1, 0.15) is 5.75 Å². The molecule has 0 heterocycles. The van der Waals surface area contributed by atoms with Crippen LogP contribution in [0.25, 0.3) is 0 Å². The van der Waals surface area contributed by atoms with Crippen LogP contribution in [0, 0.1) is 0 Å². The van der Waals surface area contributed by atoms with Crippen LogP contribution in [0.5, 0.6) is 5.75 Å². The van der Waals surface area contributed by atoms with Crippen LogP contribution in [-0.2, 0) is 5.54 Å². The van der Waals surface area contributed by atoms with Crippen molar-refractivity contribution in [3.05, 3.63) is 29.8 Å². The molecule has 0 aliphatic heterocycles. The lowest BCUT2D eigenvalue weighted by atomic mass is 9.92. The Kier molecular flexibility index (Phi) is 4.77. The van der Waals surface area contributed by atoms with Gasteiger partial charge in [0.15, 0.2) is 0 Å². The van der Waals surface area contributed by atoms with Crippen molar-refractivity contribution in [2.24, 2.45) is 0 Å². The SMILES string of the molecule is CCNC(C)(CO)c1ccccc1OCC. The van der Waals surface area contributed by atoms with Crippen molar-refractivity contribution in [1.29, 1.82) is 0 Å². The molecular weight excluding hydrogens is 202 g/mol. The number of ether oxygens (including phenoxy) is 1. The van der Waals surface area contributed by atoms with Crippen molar-refractivity contribution in [1.82, 2.24) is 5.32 Å². The standard InChI is InChI=1S/C13H21NO2/c1-4-14-13(3,10-15)11-8-6-7-9-12(11)16-5-2/h6-9,14-15H,4-5,10H2,1-3H3. The first-order valence-corrected chi connectivity index (χ1v) is 5.76. The Bertz CT molecular complexity index is 327. The Morgan fingerprint density at radius 2 is 2.00 bits per heavy atom. The van der Waals surface area contributed by atoms with E-state index in [4.69, 9.17) is 4.74 Å². The smallest absolute Gasteiger partial charge is 0.124 e. The molecule has 0 spiro atoms. The van der Waals surface area contributed by atoms with Crippen molar-refractivity contribution in [3.8, 4) is 5.75 Å². The second-order valence-electron chi connectivity index (χ2n) is 3.95. The van der Waals surface area contributed by atoms with Gasteiger partial charge >= 0.3 is 0 Å². The van der Waals surface area contributed by atoms with E-state index in [0.29, 0.717) is 6.61 Å². The maximum absolute atomic E-state index is 9.54. The molecule has 90 valence electrons. The van der Waals surface area contributed by atoms with E-state index in [1.54, 1.807) is 0 Å². The molecule has 0 aromatic heterocycles. The largest absolute Gasteiger partial charge is 0.494 e. The van der Waals surface area contributed by atoms with Crippen LogP contribution in [0.4, 0.5) is 0 Å². The molecule has 16 heavy (non-hydrogen) atoms. The third-order valence-electron chi connectivity index (χ3n) is 2.66. The highest BCUT2D eigenvalue weighted by atomic mass is 16.5. The van der Waals surface area contributed by atoms with Gasteiger partial charge in [0.2, 0.25) is 0 Å². The summed E-state index contributed by atoms with van der Waals surface area (Å²) in [6.07, 6.45) is 0. The summed E-state index contributed by atoms with van der Waals surface area (Å²) in [6.45, 7) is 7.44. The first-order valence-electron chi connectivity index (χ1n) is 5.76. The Hall–Kier alpha value is -1.06. The Morgan fingerprint density at radius 1 is 1.31 bits per heavy atom. The summed E-state index contributed by atoms with van der Waals surface area (Å²) in [5, 5.41) is 12.8. The zero-order chi connectivity index (χ0) is 12.0. The molecule has 0 aliphatic rings. The summed E-state index contributed by atoms with van der Waals surface area (Å²) < 4.78 is 5.58. The maximum Gasteiger partial charge on any atom is 0.124 e. The predicted octanol–water partition coefficient (Wildman–Crippen LogP) is 1.90. The van der Waals surface area contributed by atoms with Gasteiger partial charge in [0.25, 0.3) is 0 Å². The van der Waals surface area contributed by atoms with Crippen molar-refractivity contribution < 1.29 is 9.84 Å². The fraction of sp³-hybridized carbons (Fsp3) is 0.538. The molecule has 1 unspecified atom stereocenters. The van der Waals surface area contributed by atoms with Gasteiger partial charge in [-0.1, -0.05) is 25.1 Å². The fourth-order valence-corrected chi connectivity index (χ4v) is 1.83. The number of hydrogen-bond acceptors (Lipinski definition) is 3. The molecule has 0 saturated carbocycles. The van der Waals surface area contributed by atoms with E-state index < -0.39 is 5.54 Å². The normalized spacial score (nSPS) is 14.5. The van der Waals surface area contributed by atoms with Crippen LogP contribution in [0.1, 0.15) is 26.3 Å². The highest BCUT2D eigenvalue weighted by molar-refractivity contribution is 5.39. The van der Waals surface area contributed by atoms with E-state index >= 15 is 0 Å². The molecule has 1 aromatic carbocycles. The second kappa shape index (κ2) is 5.87. The average molecular weight is 223 g/mol. The monoisotopic (exact) mass is 223 g/mol. The number of aliphatic hydroxyl groups excluding tert-OH is 1. The number of benzene rings is 1. The molecule has 0 amide bonds. The highest BCUT2D eigenvalue weighted by Gasteiger charge is 2.27. The molecule has 1 rings (SSSR count). The lowest BCUT2D eigenvalue weighted by molar-refractivity contribution is 0.172. The van der Waals surface area contributed by atoms with Gasteiger partial charge in [0, 0.05) is 5.56 Å². The number of nitrogens with one attached hydrogen (secondary N) is 1. The first kappa shape index (κ1) is 13.0. The Labute approximate surface area is 97.4 Å². The van der Waals surface area contributed by atoms with E-state index in [0.717, 1.165) is 17.9 Å². The molecule has 0 radical (unpaired) electrons. The average Bonchev–Trinajstić information content (AvgIpc) is 2.30. The summed E-state index contributed by atoms with van der Waals surface area (Å²) in [6, 6.07) is 7.83. The molecule has 3 nitrogen and oxygen atoms in total. The van der Waals surface area contributed by atoms with Gasteiger partial charge in [-0.15, -0.1) is 0 Å². The van der Waals surface area contributed by atoms with E-state index in [2.05, 4.69) is 5.32 Å². The van der Waals surface area contributed by atoms with Crippen molar-refractivity contribution in [2.75, 3.05) is 19.8 Å². The zero-order valence-corrected chi connectivity index (χ0v) is 10.3. The minimum Gasteiger partial charge on any atom is -0.494 e. The molecule has 1 aromatic rings. The second-order valence-corrected chi connectivity index (χ2v) is 3.95. The summed E-state index contributed by atoms with van der Waals surface area (Å²) in [5.41, 5.74) is 0.557. The van der Waals surface area contributed by atoms with E-state index in [-0.39, 0.29) is 6.61 Å². The van der Waals surface area contributed by atoms with Gasteiger partial charge < -0.3 is 15.2 Å². The van der Waals surface area contributed by atoms with Gasteiger partial charge in [-0.3, -0.25) is 0 Å².